The van der Waals surface area contributed by atoms with Crippen LogP contribution in [-0.2, 0) is 16.4 Å². The first-order valence-corrected chi connectivity index (χ1v) is 12.0. The minimum atomic E-state index is -3.86. The molecule has 0 aliphatic heterocycles. The summed E-state index contributed by atoms with van der Waals surface area (Å²) in [4.78, 5) is 25.7. The average Bonchev–Trinajstić information content (AvgIpc) is 3.15. The zero-order valence-corrected chi connectivity index (χ0v) is 19.3. The van der Waals surface area contributed by atoms with Gasteiger partial charge >= 0.3 is 0 Å². The Bertz CT molecular complexity index is 1410. The number of hydrogen-bond acceptors (Lipinski definition) is 7. The van der Waals surface area contributed by atoms with Gasteiger partial charge in [-0.1, -0.05) is 23.8 Å². The summed E-state index contributed by atoms with van der Waals surface area (Å²) in [6.07, 6.45) is 1.76. The van der Waals surface area contributed by atoms with Gasteiger partial charge in [0.15, 0.2) is 5.76 Å². The molecular formula is C23H22N4O6S. The number of benzene rings is 2. The standard InChI is InChI=1S/C23H22N4O6S/c1-14-9-11-18(12-10-14)34(31,32)26-25-19-7-4-8-20-21(19)15(2)22(33-20)23(28)24-16-5-3-6-17(13-16)27(29)30/h3,5-6,9-13,26H,4,7-8H2,1-2H3,(H,24,28)/b25-19+. The van der Waals surface area contributed by atoms with Gasteiger partial charge in [0.05, 0.1) is 15.5 Å². The second-order valence-corrected chi connectivity index (χ2v) is 9.60. The Labute approximate surface area is 195 Å². The number of nitro benzene ring substituents is 1. The maximum atomic E-state index is 12.8. The quantitative estimate of drug-likeness (QED) is 0.400. The second kappa shape index (κ2) is 9.10. The molecule has 1 aliphatic carbocycles. The van der Waals surface area contributed by atoms with Crippen LogP contribution in [0, 0.1) is 24.0 Å². The van der Waals surface area contributed by atoms with Crippen LogP contribution in [0.2, 0.25) is 0 Å². The fourth-order valence-corrected chi connectivity index (χ4v) is 4.60. The first kappa shape index (κ1) is 23.2. The third-order valence-electron chi connectivity index (χ3n) is 5.48. The molecule has 1 heterocycles. The molecule has 0 fully saturated rings. The highest BCUT2D eigenvalue weighted by Crippen LogP contribution is 2.30. The van der Waals surface area contributed by atoms with Gasteiger partial charge in [-0.05, 0) is 44.9 Å². The summed E-state index contributed by atoms with van der Waals surface area (Å²) in [5.41, 5.74) is 2.64. The number of carbonyl (C=O) groups is 1. The predicted octanol–water partition coefficient (Wildman–Crippen LogP) is 4.08. The van der Waals surface area contributed by atoms with E-state index < -0.39 is 20.9 Å². The number of nitrogens with zero attached hydrogens (tertiary/aromatic N) is 2. The number of anilines is 1. The smallest absolute Gasteiger partial charge is 0.291 e. The van der Waals surface area contributed by atoms with Gasteiger partial charge in [0, 0.05) is 35.4 Å². The van der Waals surface area contributed by atoms with E-state index in [1.165, 1.54) is 36.4 Å². The Kier molecular flexibility index (Phi) is 6.20. The number of rotatable bonds is 6. The summed E-state index contributed by atoms with van der Waals surface area (Å²) < 4.78 is 31.0. The molecule has 0 spiro atoms. The van der Waals surface area contributed by atoms with Crippen LogP contribution in [-0.4, -0.2) is 25.0 Å². The van der Waals surface area contributed by atoms with Crippen LogP contribution in [0.5, 0.6) is 0 Å². The summed E-state index contributed by atoms with van der Waals surface area (Å²) in [5, 5.41) is 17.7. The minimum Gasteiger partial charge on any atom is -0.455 e. The molecule has 2 N–H and O–H groups in total. The van der Waals surface area contributed by atoms with Crippen molar-refractivity contribution in [3.63, 3.8) is 0 Å². The van der Waals surface area contributed by atoms with Gasteiger partial charge in [-0.3, -0.25) is 14.9 Å². The Morgan fingerprint density at radius 1 is 1.12 bits per heavy atom. The Morgan fingerprint density at radius 3 is 2.56 bits per heavy atom. The molecule has 4 rings (SSSR count). The van der Waals surface area contributed by atoms with Crippen molar-refractivity contribution in [2.24, 2.45) is 5.10 Å². The highest BCUT2D eigenvalue weighted by molar-refractivity contribution is 7.89. The van der Waals surface area contributed by atoms with E-state index in [-0.39, 0.29) is 22.0 Å². The van der Waals surface area contributed by atoms with Crippen molar-refractivity contribution in [1.82, 2.24) is 4.83 Å². The topological polar surface area (TPSA) is 144 Å². The Hall–Kier alpha value is -3.99. The number of fused-ring (bicyclic) bond motifs is 1. The molecule has 11 heteroatoms. The second-order valence-electron chi connectivity index (χ2n) is 7.94. The molecule has 0 bridgehead atoms. The van der Waals surface area contributed by atoms with E-state index in [1.54, 1.807) is 19.1 Å². The molecule has 176 valence electrons. The maximum absolute atomic E-state index is 12.8. The van der Waals surface area contributed by atoms with E-state index in [9.17, 15) is 23.3 Å². The Balaban J connectivity index is 1.59. The Morgan fingerprint density at radius 2 is 1.85 bits per heavy atom. The molecule has 1 aliphatic rings. The van der Waals surface area contributed by atoms with Gasteiger partial charge in [0.25, 0.3) is 21.6 Å². The number of amides is 1. The average molecular weight is 483 g/mol. The number of nitrogens with one attached hydrogen (secondary N) is 2. The zero-order chi connectivity index (χ0) is 24.5. The minimum absolute atomic E-state index is 0.0486. The van der Waals surface area contributed by atoms with E-state index in [0.717, 1.165) is 5.56 Å². The van der Waals surface area contributed by atoms with Crippen LogP contribution in [0.15, 0.2) is 62.9 Å². The number of hydrogen-bond donors (Lipinski definition) is 2. The molecule has 2 aromatic carbocycles. The highest BCUT2D eigenvalue weighted by Gasteiger charge is 2.28. The van der Waals surface area contributed by atoms with Crippen LogP contribution in [0.4, 0.5) is 11.4 Å². The van der Waals surface area contributed by atoms with Gasteiger partial charge in [0.1, 0.15) is 5.76 Å². The van der Waals surface area contributed by atoms with Crippen molar-refractivity contribution in [1.29, 1.82) is 0 Å². The third kappa shape index (κ3) is 4.69. The number of aryl methyl sites for hydroxylation is 2. The van der Waals surface area contributed by atoms with Gasteiger partial charge in [-0.2, -0.15) is 18.4 Å². The first-order chi connectivity index (χ1) is 16.2. The number of furan rings is 1. The lowest BCUT2D eigenvalue weighted by Gasteiger charge is -2.14. The van der Waals surface area contributed by atoms with E-state index >= 15 is 0 Å². The zero-order valence-electron chi connectivity index (χ0n) is 18.5. The number of hydrazone groups is 1. The number of non-ortho nitro benzene ring substituents is 1. The van der Waals surface area contributed by atoms with Crippen molar-refractivity contribution < 1.29 is 22.6 Å². The number of sulfonamides is 1. The van der Waals surface area contributed by atoms with E-state index in [4.69, 9.17) is 4.42 Å². The third-order valence-corrected chi connectivity index (χ3v) is 6.70. The van der Waals surface area contributed by atoms with Crippen LogP contribution in [0.1, 0.15) is 45.8 Å². The molecule has 0 unspecified atom stereocenters. The summed E-state index contributed by atoms with van der Waals surface area (Å²) in [7, 11) is -3.86. The van der Waals surface area contributed by atoms with Crippen LogP contribution in [0.3, 0.4) is 0 Å². The SMILES string of the molecule is Cc1ccc(S(=O)(=O)N/N=C2\CCCc3oc(C(=O)Nc4cccc([N+](=O)[O-])c4)c(C)c32)cc1. The van der Waals surface area contributed by atoms with Crippen LogP contribution < -0.4 is 10.1 Å². The lowest BCUT2D eigenvalue weighted by Crippen LogP contribution is -2.22. The van der Waals surface area contributed by atoms with E-state index in [2.05, 4.69) is 15.2 Å². The molecule has 0 saturated carbocycles. The van der Waals surface area contributed by atoms with Crippen LogP contribution in [0.25, 0.3) is 0 Å². The fourth-order valence-electron chi connectivity index (χ4n) is 3.77. The van der Waals surface area contributed by atoms with Crippen molar-refractivity contribution in [3.8, 4) is 0 Å². The highest BCUT2D eigenvalue weighted by atomic mass is 32.2. The predicted molar refractivity (Wildman–Crippen MR) is 125 cm³/mol. The van der Waals surface area contributed by atoms with Gasteiger partial charge in [-0.15, -0.1) is 0 Å². The van der Waals surface area contributed by atoms with E-state index in [0.29, 0.717) is 41.9 Å². The molecule has 10 nitrogen and oxygen atoms in total. The van der Waals surface area contributed by atoms with Crippen molar-refractivity contribution in [3.05, 3.63) is 86.9 Å². The van der Waals surface area contributed by atoms with Crippen LogP contribution >= 0.6 is 0 Å². The fraction of sp³-hybridized carbons (Fsp3) is 0.217. The lowest BCUT2D eigenvalue weighted by molar-refractivity contribution is -0.384. The van der Waals surface area contributed by atoms with Gasteiger partial charge in [-0.25, -0.2) is 0 Å². The molecular weight excluding hydrogens is 460 g/mol. The molecule has 34 heavy (non-hydrogen) atoms. The van der Waals surface area contributed by atoms with Gasteiger partial charge in [0.2, 0.25) is 0 Å². The molecule has 1 aromatic heterocycles. The molecule has 1 amide bonds. The maximum Gasteiger partial charge on any atom is 0.291 e. The lowest BCUT2D eigenvalue weighted by atomic mass is 9.93. The summed E-state index contributed by atoms with van der Waals surface area (Å²) >= 11 is 0. The largest absolute Gasteiger partial charge is 0.455 e. The first-order valence-electron chi connectivity index (χ1n) is 10.5. The summed E-state index contributed by atoms with van der Waals surface area (Å²) in [6, 6.07) is 12.0. The van der Waals surface area contributed by atoms with Crippen molar-refractivity contribution in [2.75, 3.05) is 5.32 Å². The van der Waals surface area contributed by atoms with Crippen molar-refractivity contribution in [2.45, 2.75) is 38.0 Å². The number of carbonyl (C=O) groups excluding carboxylic acids is 1. The summed E-state index contributed by atoms with van der Waals surface area (Å²) in [5.74, 6) is 0.0284. The normalized spacial score (nSPS) is 14.5. The molecule has 0 radical (unpaired) electrons. The molecule has 0 saturated heterocycles. The van der Waals surface area contributed by atoms with Crippen molar-refractivity contribution >= 4 is 33.0 Å². The molecule has 3 aromatic rings. The molecule has 0 atom stereocenters. The van der Waals surface area contributed by atoms with Gasteiger partial charge < -0.3 is 9.73 Å². The monoisotopic (exact) mass is 482 g/mol. The van der Waals surface area contributed by atoms with E-state index in [1.807, 2.05) is 6.92 Å². The number of nitro groups is 1. The summed E-state index contributed by atoms with van der Waals surface area (Å²) in [6.45, 7) is 3.56.